The molecule has 3 nitrogen and oxygen atoms in total. The third-order valence-electron chi connectivity index (χ3n) is 1.27. The van der Waals surface area contributed by atoms with Crippen LogP contribution in [0.2, 0.25) is 5.02 Å². The molecule has 0 radical (unpaired) electrons. The van der Waals surface area contributed by atoms with E-state index in [9.17, 15) is 12.8 Å². The predicted molar refractivity (Wildman–Crippen MR) is 46.1 cm³/mol. The maximum Gasteiger partial charge on any atom is 0.266 e. The molecule has 1 rings (SSSR count). The maximum absolute atomic E-state index is 12.7. The third-order valence-corrected chi connectivity index (χ3v) is 3.12. The molecule has 0 bridgehead atoms. The number of hydrogen-bond donors (Lipinski definition) is 1. The Morgan fingerprint density at radius 3 is 2.31 bits per heavy atom. The van der Waals surface area contributed by atoms with Crippen molar-refractivity contribution in [3.8, 4) is 5.75 Å². The van der Waals surface area contributed by atoms with Gasteiger partial charge >= 0.3 is 0 Å². The van der Waals surface area contributed by atoms with E-state index in [4.69, 9.17) is 27.4 Å². The molecular formula is C6H3Cl2FO3S. The summed E-state index contributed by atoms with van der Waals surface area (Å²) in [7, 11) is 0.666. The maximum atomic E-state index is 12.7. The summed E-state index contributed by atoms with van der Waals surface area (Å²) in [5.74, 6) is -1.64. The first-order valence-corrected chi connectivity index (χ1v) is 5.64. The van der Waals surface area contributed by atoms with Crippen LogP contribution in [-0.4, -0.2) is 13.5 Å². The first kappa shape index (κ1) is 10.6. The molecule has 0 amide bonds. The van der Waals surface area contributed by atoms with Crippen molar-refractivity contribution >= 4 is 31.3 Å². The van der Waals surface area contributed by atoms with Gasteiger partial charge in [-0.2, -0.15) is 0 Å². The average molecular weight is 245 g/mol. The van der Waals surface area contributed by atoms with E-state index in [2.05, 4.69) is 0 Å². The Morgan fingerprint density at radius 1 is 1.38 bits per heavy atom. The van der Waals surface area contributed by atoms with Crippen LogP contribution < -0.4 is 0 Å². The minimum absolute atomic E-state index is 0.679. The summed E-state index contributed by atoms with van der Waals surface area (Å²) in [6, 6.07) is 1.69. The molecule has 0 aliphatic carbocycles. The molecule has 0 fully saturated rings. The Bertz CT molecular complexity index is 443. The SMILES string of the molecule is O=S(=O)(Cl)c1c(O)ccc(F)c1Cl. The second-order valence-corrected chi connectivity index (χ2v) is 5.03. The molecule has 0 aliphatic rings. The van der Waals surface area contributed by atoms with E-state index >= 15 is 0 Å². The minimum atomic E-state index is -4.24. The molecule has 1 N–H and O–H groups in total. The highest BCUT2D eigenvalue weighted by atomic mass is 35.7. The quantitative estimate of drug-likeness (QED) is 0.771. The van der Waals surface area contributed by atoms with Gasteiger partial charge in [-0.25, -0.2) is 12.8 Å². The normalized spacial score (nSPS) is 11.6. The number of halogens is 3. The van der Waals surface area contributed by atoms with Gasteiger partial charge in [-0.3, -0.25) is 0 Å². The molecule has 7 heteroatoms. The number of phenols is 1. The monoisotopic (exact) mass is 244 g/mol. The van der Waals surface area contributed by atoms with Crippen molar-refractivity contribution in [1.29, 1.82) is 0 Å². The summed E-state index contributed by atoms with van der Waals surface area (Å²) in [5, 5.41) is 8.32. The Hall–Kier alpha value is -0.520. The highest BCUT2D eigenvalue weighted by Crippen LogP contribution is 2.34. The zero-order chi connectivity index (χ0) is 10.2. The van der Waals surface area contributed by atoms with Gasteiger partial charge in [-0.05, 0) is 12.1 Å². The average Bonchev–Trinajstić information content (AvgIpc) is 1.95. The Morgan fingerprint density at radius 2 is 1.92 bits per heavy atom. The van der Waals surface area contributed by atoms with Gasteiger partial charge in [0.2, 0.25) is 0 Å². The number of benzene rings is 1. The molecule has 0 aromatic heterocycles. The van der Waals surface area contributed by atoms with Crippen molar-refractivity contribution in [3.63, 3.8) is 0 Å². The first-order chi connectivity index (χ1) is 5.84. The van der Waals surface area contributed by atoms with Gasteiger partial charge in [-0.1, -0.05) is 11.6 Å². The fourth-order valence-electron chi connectivity index (χ4n) is 0.754. The first-order valence-electron chi connectivity index (χ1n) is 2.95. The van der Waals surface area contributed by atoms with Gasteiger partial charge in [0.25, 0.3) is 9.05 Å². The number of aromatic hydroxyl groups is 1. The highest BCUT2D eigenvalue weighted by Gasteiger charge is 2.22. The lowest BCUT2D eigenvalue weighted by molar-refractivity contribution is 0.456. The summed E-state index contributed by atoms with van der Waals surface area (Å²) in [5.41, 5.74) is 0. The zero-order valence-electron chi connectivity index (χ0n) is 5.96. The second kappa shape index (κ2) is 3.32. The Kier molecular flexibility index (Phi) is 2.70. The fourth-order valence-corrected chi connectivity index (χ4v) is 2.43. The lowest BCUT2D eigenvalue weighted by atomic mass is 10.3. The van der Waals surface area contributed by atoms with Gasteiger partial charge in [0.05, 0.1) is 0 Å². The lowest BCUT2D eigenvalue weighted by Gasteiger charge is -2.03. The molecule has 13 heavy (non-hydrogen) atoms. The molecule has 0 saturated heterocycles. The van der Waals surface area contributed by atoms with Gasteiger partial charge in [0, 0.05) is 10.7 Å². The van der Waals surface area contributed by atoms with E-state index in [1.165, 1.54) is 0 Å². The largest absolute Gasteiger partial charge is 0.506 e. The molecule has 0 heterocycles. The van der Waals surface area contributed by atoms with Gasteiger partial charge in [0.1, 0.15) is 21.5 Å². The van der Waals surface area contributed by atoms with Gasteiger partial charge in [0.15, 0.2) is 0 Å². The minimum Gasteiger partial charge on any atom is -0.506 e. The summed E-state index contributed by atoms with van der Waals surface area (Å²) in [6.07, 6.45) is 0. The molecule has 0 atom stereocenters. The number of rotatable bonds is 1. The smallest absolute Gasteiger partial charge is 0.266 e. The molecule has 72 valence electrons. The van der Waals surface area contributed by atoms with Crippen molar-refractivity contribution in [2.75, 3.05) is 0 Å². The fraction of sp³-hybridized carbons (Fsp3) is 0. The summed E-state index contributed by atoms with van der Waals surface area (Å²) in [4.78, 5) is -0.809. The van der Waals surface area contributed by atoms with E-state index in [1.54, 1.807) is 0 Å². The van der Waals surface area contributed by atoms with Crippen molar-refractivity contribution in [2.45, 2.75) is 4.90 Å². The van der Waals surface area contributed by atoms with Crippen LogP contribution in [0.3, 0.4) is 0 Å². The van der Waals surface area contributed by atoms with Crippen LogP contribution in [0.25, 0.3) is 0 Å². The molecule has 0 aliphatic heterocycles. The van der Waals surface area contributed by atoms with Crippen molar-refractivity contribution < 1.29 is 17.9 Å². The molecule has 0 unspecified atom stereocenters. The van der Waals surface area contributed by atoms with Crippen LogP contribution in [0.15, 0.2) is 17.0 Å². The van der Waals surface area contributed by atoms with Crippen LogP contribution in [0.5, 0.6) is 5.75 Å². The number of phenolic OH excluding ortho intramolecular Hbond substituents is 1. The molecular weight excluding hydrogens is 242 g/mol. The molecule has 1 aromatic rings. The highest BCUT2D eigenvalue weighted by molar-refractivity contribution is 8.14. The van der Waals surface area contributed by atoms with Crippen LogP contribution in [0, 0.1) is 5.82 Å². The third kappa shape index (κ3) is 2.04. The molecule has 0 spiro atoms. The summed E-state index contributed by atoms with van der Waals surface area (Å²) < 4.78 is 34.3. The molecule has 1 aromatic carbocycles. The van der Waals surface area contributed by atoms with Crippen molar-refractivity contribution in [1.82, 2.24) is 0 Å². The standard InChI is InChI=1S/C6H3Cl2FO3S/c7-5-3(9)1-2-4(10)6(5)13(8,11)12/h1-2,10H. The van der Waals surface area contributed by atoms with Crippen molar-refractivity contribution in [2.24, 2.45) is 0 Å². The Balaban J connectivity index is 3.62. The summed E-state index contributed by atoms with van der Waals surface area (Å²) >= 11 is 5.28. The van der Waals surface area contributed by atoms with E-state index in [0.717, 1.165) is 12.1 Å². The second-order valence-electron chi connectivity index (χ2n) is 2.15. The zero-order valence-corrected chi connectivity index (χ0v) is 8.29. The van der Waals surface area contributed by atoms with E-state index in [-0.39, 0.29) is 0 Å². The molecule has 0 saturated carbocycles. The van der Waals surface area contributed by atoms with E-state index in [1.807, 2.05) is 0 Å². The topological polar surface area (TPSA) is 54.4 Å². The Labute approximate surface area is 83.1 Å². The van der Waals surface area contributed by atoms with Crippen LogP contribution in [0.1, 0.15) is 0 Å². The van der Waals surface area contributed by atoms with Gasteiger partial charge in [-0.15, -0.1) is 0 Å². The van der Waals surface area contributed by atoms with Crippen LogP contribution in [0.4, 0.5) is 4.39 Å². The number of hydrogen-bond acceptors (Lipinski definition) is 3. The van der Waals surface area contributed by atoms with Crippen LogP contribution >= 0.6 is 22.3 Å². The predicted octanol–water partition coefficient (Wildman–Crippen LogP) is 2.11. The van der Waals surface area contributed by atoms with Crippen LogP contribution in [-0.2, 0) is 9.05 Å². The van der Waals surface area contributed by atoms with Crippen molar-refractivity contribution in [3.05, 3.63) is 23.0 Å². The summed E-state index contributed by atoms with van der Waals surface area (Å²) in [6.45, 7) is 0. The lowest BCUT2D eigenvalue weighted by Crippen LogP contribution is -1.94. The van der Waals surface area contributed by atoms with Gasteiger partial charge < -0.3 is 5.11 Å². The van der Waals surface area contributed by atoms with E-state index in [0.29, 0.717) is 0 Å². The van der Waals surface area contributed by atoms with E-state index < -0.39 is 30.5 Å².